The van der Waals surface area contributed by atoms with Crippen molar-refractivity contribution in [1.82, 2.24) is 0 Å². The van der Waals surface area contributed by atoms with E-state index in [1.54, 1.807) is 0 Å². The molecule has 0 bridgehead atoms. The fraction of sp³-hybridized carbons (Fsp3) is 0.0833. The first-order valence-electron chi connectivity index (χ1n) is 5.45. The van der Waals surface area contributed by atoms with Crippen molar-refractivity contribution in [3.63, 3.8) is 0 Å². The molecule has 2 aromatic rings. The first kappa shape index (κ1) is 14.6. The minimum atomic E-state index is -3.75. The smallest absolute Gasteiger partial charge is 0.293 e. The lowest BCUT2D eigenvalue weighted by Crippen LogP contribution is -2.25. The number of halogens is 1. The van der Waals surface area contributed by atoms with E-state index in [4.69, 9.17) is 21.2 Å². The number of sulfonamides is 1. The molecule has 1 aromatic heterocycles. The molecule has 0 spiro atoms. The van der Waals surface area contributed by atoms with E-state index in [-0.39, 0.29) is 15.9 Å². The van der Waals surface area contributed by atoms with E-state index in [0.29, 0.717) is 5.69 Å². The fourth-order valence-corrected chi connectivity index (χ4v) is 2.23. The Kier molecular flexibility index (Phi) is 3.85. The summed E-state index contributed by atoms with van der Waals surface area (Å²) >= 11 is 5.61. The number of furan rings is 1. The van der Waals surface area contributed by atoms with Crippen LogP contribution >= 0.6 is 11.6 Å². The topological polar surface area (TPSA) is 93.6 Å². The number of amides is 1. The van der Waals surface area contributed by atoms with E-state index in [1.807, 2.05) is 0 Å². The number of nitrogens with two attached hydrogens (primary N) is 1. The third-order valence-corrected chi connectivity index (χ3v) is 3.77. The van der Waals surface area contributed by atoms with Gasteiger partial charge in [-0.05, 0) is 48.0 Å². The van der Waals surface area contributed by atoms with Crippen LogP contribution in [0.2, 0.25) is 5.22 Å². The molecule has 0 aliphatic rings. The Morgan fingerprint density at radius 1 is 1.20 bits per heavy atom. The lowest BCUT2D eigenvalue weighted by molar-refractivity contribution is 0.0966. The predicted octanol–water partition coefficient (Wildman–Crippen LogP) is 1.86. The first-order valence-corrected chi connectivity index (χ1v) is 7.38. The van der Waals surface area contributed by atoms with E-state index in [1.165, 1.54) is 48.3 Å². The molecule has 8 heteroatoms. The third kappa shape index (κ3) is 3.01. The van der Waals surface area contributed by atoms with Crippen molar-refractivity contribution in [3.8, 4) is 0 Å². The summed E-state index contributed by atoms with van der Waals surface area (Å²) in [4.78, 5) is 13.4. The lowest BCUT2D eigenvalue weighted by Gasteiger charge is -2.16. The first-order chi connectivity index (χ1) is 9.29. The van der Waals surface area contributed by atoms with Crippen molar-refractivity contribution < 1.29 is 17.6 Å². The average Bonchev–Trinajstić information content (AvgIpc) is 2.83. The largest absolute Gasteiger partial charge is 0.440 e. The summed E-state index contributed by atoms with van der Waals surface area (Å²) in [6, 6.07) is 8.52. The molecule has 1 amide bonds. The summed E-state index contributed by atoms with van der Waals surface area (Å²) < 4.78 is 27.3. The van der Waals surface area contributed by atoms with Crippen molar-refractivity contribution in [1.29, 1.82) is 0 Å². The number of carbonyl (C=O) groups is 1. The Morgan fingerprint density at radius 2 is 1.80 bits per heavy atom. The Balaban J connectivity index is 2.25. The molecule has 6 nitrogen and oxygen atoms in total. The van der Waals surface area contributed by atoms with Crippen LogP contribution in [0.1, 0.15) is 10.6 Å². The Hall–Kier alpha value is -1.83. The van der Waals surface area contributed by atoms with Crippen LogP contribution < -0.4 is 10.0 Å². The molecule has 0 saturated heterocycles. The normalized spacial score (nSPS) is 11.3. The van der Waals surface area contributed by atoms with Crippen molar-refractivity contribution in [2.45, 2.75) is 4.90 Å². The number of carbonyl (C=O) groups excluding carboxylic acids is 1. The number of nitrogens with zero attached hydrogens (tertiary/aromatic N) is 1. The number of benzene rings is 1. The molecular formula is C12H11ClN2O4S. The highest BCUT2D eigenvalue weighted by molar-refractivity contribution is 7.89. The Bertz CT molecular complexity index is 737. The van der Waals surface area contributed by atoms with Gasteiger partial charge in [0.25, 0.3) is 5.91 Å². The summed E-state index contributed by atoms with van der Waals surface area (Å²) in [6.45, 7) is 0. The van der Waals surface area contributed by atoms with Crippen LogP contribution in [-0.2, 0) is 10.0 Å². The van der Waals surface area contributed by atoms with Crippen molar-refractivity contribution in [2.24, 2.45) is 5.14 Å². The number of hydrogen-bond donors (Lipinski definition) is 1. The molecule has 0 atom stereocenters. The molecule has 2 rings (SSSR count). The number of rotatable bonds is 3. The van der Waals surface area contributed by atoms with E-state index in [2.05, 4.69) is 0 Å². The van der Waals surface area contributed by atoms with Crippen LogP contribution in [0, 0.1) is 0 Å². The quantitative estimate of drug-likeness (QED) is 0.935. The monoisotopic (exact) mass is 314 g/mol. The van der Waals surface area contributed by atoms with Gasteiger partial charge in [-0.25, -0.2) is 13.6 Å². The minimum Gasteiger partial charge on any atom is -0.440 e. The second-order valence-corrected chi connectivity index (χ2v) is 5.94. The highest BCUT2D eigenvalue weighted by Crippen LogP contribution is 2.20. The average molecular weight is 315 g/mol. The van der Waals surface area contributed by atoms with Crippen molar-refractivity contribution in [2.75, 3.05) is 11.9 Å². The van der Waals surface area contributed by atoms with Crippen LogP contribution in [0.3, 0.4) is 0 Å². The van der Waals surface area contributed by atoms with Crippen molar-refractivity contribution >= 4 is 33.2 Å². The maximum Gasteiger partial charge on any atom is 0.293 e. The number of hydrogen-bond acceptors (Lipinski definition) is 4. The van der Waals surface area contributed by atoms with Gasteiger partial charge in [0.2, 0.25) is 10.0 Å². The van der Waals surface area contributed by atoms with Crippen LogP contribution in [-0.4, -0.2) is 21.4 Å². The molecular weight excluding hydrogens is 304 g/mol. The molecule has 0 fully saturated rings. The highest BCUT2D eigenvalue weighted by atomic mass is 35.5. The van der Waals surface area contributed by atoms with Gasteiger partial charge < -0.3 is 9.32 Å². The SMILES string of the molecule is CN(C(=O)c1ccc(Cl)o1)c1ccc(S(N)(=O)=O)cc1. The van der Waals surface area contributed by atoms with Gasteiger partial charge in [0.05, 0.1) is 4.90 Å². The summed E-state index contributed by atoms with van der Waals surface area (Å²) in [6.07, 6.45) is 0. The van der Waals surface area contributed by atoms with Crippen LogP contribution in [0.4, 0.5) is 5.69 Å². The molecule has 0 saturated carbocycles. The van der Waals surface area contributed by atoms with Gasteiger partial charge in [-0.2, -0.15) is 0 Å². The highest BCUT2D eigenvalue weighted by Gasteiger charge is 2.17. The number of primary sulfonamides is 1. The fourth-order valence-electron chi connectivity index (χ4n) is 1.57. The summed E-state index contributed by atoms with van der Waals surface area (Å²) in [7, 11) is -2.22. The lowest BCUT2D eigenvalue weighted by atomic mass is 10.3. The van der Waals surface area contributed by atoms with Crippen molar-refractivity contribution in [3.05, 3.63) is 47.4 Å². The second-order valence-electron chi connectivity index (χ2n) is 4.01. The molecule has 0 aliphatic heterocycles. The maximum absolute atomic E-state index is 12.1. The van der Waals surface area contributed by atoms with Gasteiger partial charge in [-0.1, -0.05) is 0 Å². The van der Waals surface area contributed by atoms with Crippen LogP contribution in [0.15, 0.2) is 45.7 Å². The van der Waals surface area contributed by atoms with Gasteiger partial charge in [0, 0.05) is 12.7 Å². The second kappa shape index (κ2) is 5.28. The Morgan fingerprint density at radius 3 is 2.25 bits per heavy atom. The molecule has 20 heavy (non-hydrogen) atoms. The van der Waals surface area contributed by atoms with Gasteiger partial charge in [-0.3, -0.25) is 4.79 Å². The number of anilines is 1. The van der Waals surface area contributed by atoms with Gasteiger partial charge in [0.15, 0.2) is 11.0 Å². The predicted molar refractivity (Wildman–Crippen MR) is 74.3 cm³/mol. The minimum absolute atomic E-state index is 0.0249. The van der Waals surface area contributed by atoms with Gasteiger partial charge in [-0.15, -0.1) is 0 Å². The maximum atomic E-state index is 12.1. The van der Waals surface area contributed by atoms with Crippen LogP contribution in [0.5, 0.6) is 0 Å². The van der Waals surface area contributed by atoms with E-state index in [9.17, 15) is 13.2 Å². The molecule has 1 heterocycles. The molecule has 106 valence electrons. The molecule has 1 aromatic carbocycles. The standard InChI is InChI=1S/C12H11ClN2O4S/c1-15(12(16)10-6-7-11(13)19-10)8-2-4-9(5-3-8)20(14,17)18/h2-7H,1H3,(H2,14,17,18). The van der Waals surface area contributed by atoms with Gasteiger partial charge >= 0.3 is 0 Å². The van der Waals surface area contributed by atoms with Crippen LogP contribution in [0.25, 0.3) is 0 Å². The zero-order chi connectivity index (χ0) is 14.9. The molecule has 0 aliphatic carbocycles. The molecule has 0 unspecified atom stereocenters. The van der Waals surface area contributed by atoms with E-state index in [0.717, 1.165) is 0 Å². The summed E-state index contributed by atoms with van der Waals surface area (Å²) in [5.74, 6) is -0.312. The van der Waals surface area contributed by atoms with E-state index < -0.39 is 15.9 Å². The summed E-state index contributed by atoms with van der Waals surface area (Å²) in [5, 5.41) is 5.12. The van der Waals surface area contributed by atoms with E-state index >= 15 is 0 Å². The zero-order valence-corrected chi connectivity index (χ0v) is 12.0. The Labute approximate surface area is 120 Å². The third-order valence-electron chi connectivity index (χ3n) is 2.64. The summed E-state index contributed by atoms with van der Waals surface area (Å²) in [5.41, 5.74) is 0.495. The molecule has 0 radical (unpaired) electrons. The molecule has 2 N–H and O–H groups in total. The van der Waals surface area contributed by atoms with Gasteiger partial charge in [0.1, 0.15) is 0 Å². The zero-order valence-electron chi connectivity index (χ0n) is 10.4.